The lowest BCUT2D eigenvalue weighted by Gasteiger charge is -2.36. The molecular formula is C22H25N5. The summed E-state index contributed by atoms with van der Waals surface area (Å²) in [6, 6.07) is 18.8. The van der Waals surface area contributed by atoms with Crippen LogP contribution < -0.4 is 15.1 Å². The summed E-state index contributed by atoms with van der Waals surface area (Å²) < 4.78 is 0. The molecular weight excluding hydrogens is 334 g/mol. The third kappa shape index (κ3) is 4.03. The first-order chi connectivity index (χ1) is 13.2. The summed E-state index contributed by atoms with van der Waals surface area (Å²) >= 11 is 0. The normalized spacial score (nSPS) is 14.3. The molecule has 3 aromatic rings. The number of hydrogen-bond acceptors (Lipinski definition) is 5. The Balaban J connectivity index is 1.43. The molecule has 0 saturated carbocycles. The van der Waals surface area contributed by atoms with Crippen molar-refractivity contribution in [1.82, 2.24) is 9.97 Å². The Morgan fingerprint density at radius 2 is 1.63 bits per heavy atom. The van der Waals surface area contributed by atoms with Gasteiger partial charge in [0.25, 0.3) is 0 Å². The predicted molar refractivity (Wildman–Crippen MR) is 112 cm³/mol. The predicted octanol–water partition coefficient (Wildman–Crippen LogP) is 4.16. The summed E-state index contributed by atoms with van der Waals surface area (Å²) in [4.78, 5) is 13.9. The van der Waals surface area contributed by atoms with Crippen molar-refractivity contribution in [1.29, 1.82) is 0 Å². The van der Waals surface area contributed by atoms with E-state index in [1.807, 2.05) is 24.4 Å². The van der Waals surface area contributed by atoms with Gasteiger partial charge in [-0.15, -0.1) is 0 Å². The standard InChI is InChI=1S/C22H25N5/c1-17-6-5-8-19(16-17)26-12-14-27(15-13-26)22-23-11-10-21(25-22)24-20-9-4-3-7-18(20)2/h3-11,16H,12-15H2,1-2H3,(H,23,24,25). The van der Waals surface area contributed by atoms with Gasteiger partial charge < -0.3 is 15.1 Å². The molecule has 1 saturated heterocycles. The van der Waals surface area contributed by atoms with Gasteiger partial charge in [-0.1, -0.05) is 30.3 Å². The largest absolute Gasteiger partial charge is 0.368 e. The molecule has 2 heterocycles. The number of para-hydroxylation sites is 1. The van der Waals surface area contributed by atoms with Gasteiger partial charge in [0.05, 0.1) is 0 Å². The van der Waals surface area contributed by atoms with Crippen LogP contribution in [-0.2, 0) is 0 Å². The van der Waals surface area contributed by atoms with E-state index in [0.717, 1.165) is 43.6 Å². The fourth-order valence-corrected chi connectivity index (χ4v) is 3.41. The second-order valence-corrected chi connectivity index (χ2v) is 6.99. The lowest BCUT2D eigenvalue weighted by molar-refractivity contribution is 0.640. The fraction of sp³-hybridized carbons (Fsp3) is 0.273. The number of piperazine rings is 1. The topological polar surface area (TPSA) is 44.3 Å². The minimum Gasteiger partial charge on any atom is -0.368 e. The van der Waals surface area contributed by atoms with Crippen molar-refractivity contribution in [2.24, 2.45) is 0 Å². The Labute approximate surface area is 160 Å². The lowest BCUT2D eigenvalue weighted by atomic mass is 10.2. The van der Waals surface area contributed by atoms with Crippen molar-refractivity contribution in [2.75, 3.05) is 41.3 Å². The number of nitrogens with one attached hydrogen (secondary N) is 1. The first-order valence-corrected chi connectivity index (χ1v) is 9.41. The summed E-state index contributed by atoms with van der Waals surface area (Å²) in [5.41, 5.74) is 4.87. The molecule has 1 fully saturated rings. The van der Waals surface area contributed by atoms with Crippen molar-refractivity contribution < 1.29 is 0 Å². The average molecular weight is 359 g/mol. The van der Waals surface area contributed by atoms with Gasteiger partial charge in [-0.2, -0.15) is 4.98 Å². The summed E-state index contributed by atoms with van der Waals surface area (Å²) in [5.74, 6) is 1.62. The summed E-state index contributed by atoms with van der Waals surface area (Å²) in [7, 11) is 0. The molecule has 0 amide bonds. The van der Waals surface area contributed by atoms with Crippen molar-refractivity contribution in [3.8, 4) is 0 Å². The number of nitrogens with zero attached hydrogens (tertiary/aromatic N) is 4. The highest BCUT2D eigenvalue weighted by Gasteiger charge is 2.19. The average Bonchev–Trinajstić information content (AvgIpc) is 2.70. The Bertz CT molecular complexity index is 916. The molecule has 138 valence electrons. The fourth-order valence-electron chi connectivity index (χ4n) is 3.41. The van der Waals surface area contributed by atoms with E-state index in [4.69, 9.17) is 4.98 Å². The zero-order valence-corrected chi connectivity index (χ0v) is 15.9. The van der Waals surface area contributed by atoms with Crippen LogP contribution in [0.15, 0.2) is 60.8 Å². The number of benzene rings is 2. The van der Waals surface area contributed by atoms with Crippen molar-refractivity contribution in [3.05, 3.63) is 71.9 Å². The molecule has 0 unspecified atom stereocenters. The van der Waals surface area contributed by atoms with Gasteiger partial charge >= 0.3 is 0 Å². The second kappa shape index (κ2) is 7.66. The maximum absolute atomic E-state index is 4.73. The molecule has 5 nitrogen and oxygen atoms in total. The summed E-state index contributed by atoms with van der Waals surface area (Å²) in [6.45, 7) is 8.02. The Morgan fingerprint density at radius 3 is 2.41 bits per heavy atom. The number of anilines is 4. The number of aromatic nitrogens is 2. The zero-order valence-electron chi connectivity index (χ0n) is 15.9. The molecule has 1 aromatic heterocycles. The molecule has 2 aromatic carbocycles. The van der Waals surface area contributed by atoms with Crippen LogP contribution in [-0.4, -0.2) is 36.1 Å². The minimum absolute atomic E-state index is 0.789. The van der Waals surface area contributed by atoms with E-state index >= 15 is 0 Å². The van der Waals surface area contributed by atoms with Crippen LogP contribution in [0.2, 0.25) is 0 Å². The van der Waals surface area contributed by atoms with Crippen LogP contribution >= 0.6 is 0 Å². The van der Waals surface area contributed by atoms with Crippen LogP contribution in [0, 0.1) is 13.8 Å². The molecule has 1 aliphatic rings. The van der Waals surface area contributed by atoms with Crippen LogP contribution in [0.4, 0.5) is 23.1 Å². The molecule has 1 N–H and O–H groups in total. The van der Waals surface area contributed by atoms with Gasteiger partial charge in [-0.3, -0.25) is 0 Å². The summed E-state index contributed by atoms with van der Waals surface area (Å²) in [5, 5.41) is 3.40. The molecule has 0 spiro atoms. The van der Waals surface area contributed by atoms with Crippen LogP contribution in [0.3, 0.4) is 0 Å². The van der Waals surface area contributed by atoms with E-state index < -0.39 is 0 Å². The number of hydrogen-bond donors (Lipinski definition) is 1. The smallest absolute Gasteiger partial charge is 0.227 e. The SMILES string of the molecule is Cc1cccc(N2CCN(c3nccc(Nc4ccccc4C)n3)CC2)c1. The molecule has 0 aliphatic carbocycles. The Morgan fingerprint density at radius 1 is 0.852 bits per heavy atom. The third-order valence-electron chi connectivity index (χ3n) is 4.98. The van der Waals surface area contributed by atoms with Crippen LogP contribution in [0.5, 0.6) is 0 Å². The van der Waals surface area contributed by atoms with Crippen LogP contribution in [0.25, 0.3) is 0 Å². The first-order valence-electron chi connectivity index (χ1n) is 9.41. The van der Waals surface area contributed by atoms with E-state index in [1.54, 1.807) is 0 Å². The van der Waals surface area contributed by atoms with E-state index in [2.05, 4.69) is 70.3 Å². The van der Waals surface area contributed by atoms with Gasteiger partial charge in [0.15, 0.2) is 0 Å². The number of aryl methyl sites for hydroxylation is 2. The monoisotopic (exact) mass is 359 g/mol. The van der Waals surface area contributed by atoms with E-state index in [-0.39, 0.29) is 0 Å². The first kappa shape index (κ1) is 17.3. The van der Waals surface area contributed by atoms with Crippen LogP contribution in [0.1, 0.15) is 11.1 Å². The molecule has 1 aliphatic heterocycles. The van der Waals surface area contributed by atoms with E-state index in [9.17, 15) is 0 Å². The lowest BCUT2D eigenvalue weighted by Crippen LogP contribution is -2.47. The Hall–Kier alpha value is -3.08. The van der Waals surface area contributed by atoms with Crippen molar-refractivity contribution >= 4 is 23.1 Å². The van der Waals surface area contributed by atoms with Gasteiger partial charge in [-0.05, 0) is 49.2 Å². The number of rotatable bonds is 4. The van der Waals surface area contributed by atoms with Crippen molar-refractivity contribution in [2.45, 2.75) is 13.8 Å². The van der Waals surface area contributed by atoms with E-state index in [0.29, 0.717) is 0 Å². The molecule has 0 radical (unpaired) electrons. The van der Waals surface area contributed by atoms with Gasteiger partial charge in [0.2, 0.25) is 5.95 Å². The Kier molecular flexibility index (Phi) is 4.92. The second-order valence-electron chi connectivity index (χ2n) is 6.99. The highest BCUT2D eigenvalue weighted by molar-refractivity contribution is 5.61. The maximum atomic E-state index is 4.73. The van der Waals surface area contributed by atoms with Gasteiger partial charge in [0, 0.05) is 43.8 Å². The molecule has 0 bridgehead atoms. The molecule has 0 atom stereocenters. The van der Waals surface area contributed by atoms with Crippen molar-refractivity contribution in [3.63, 3.8) is 0 Å². The zero-order chi connectivity index (χ0) is 18.6. The maximum Gasteiger partial charge on any atom is 0.227 e. The quantitative estimate of drug-likeness (QED) is 0.758. The van der Waals surface area contributed by atoms with Gasteiger partial charge in [0.1, 0.15) is 5.82 Å². The highest BCUT2D eigenvalue weighted by Crippen LogP contribution is 2.22. The molecule has 4 rings (SSSR count). The highest BCUT2D eigenvalue weighted by atomic mass is 15.3. The minimum atomic E-state index is 0.789. The van der Waals surface area contributed by atoms with E-state index in [1.165, 1.54) is 16.8 Å². The van der Waals surface area contributed by atoms with Gasteiger partial charge in [-0.25, -0.2) is 4.98 Å². The molecule has 27 heavy (non-hydrogen) atoms. The molecule has 5 heteroatoms. The summed E-state index contributed by atoms with van der Waals surface area (Å²) in [6.07, 6.45) is 1.83. The third-order valence-corrected chi connectivity index (χ3v) is 4.98.